The van der Waals surface area contributed by atoms with Gasteiger partial charge in [-0.1, -0.05) is 22.0 Å². The largest absolute Gasteiger partial charge is 0.317 e. The summed E-state index contributed by atoms with van der Waals surface area (Å²) < 4.78 is 1.10. The van der Waals surface area contributed by atoms with Crippen LogP contribution in [0.1, 0.15) is 30.0 Å². The highest BCUT2D eigenvalue weighted by molar-refractivity contribution is 9.10. The Morgan fingerprint density at radius 1 is 1.37 bits per heavy atom. The fourth-order valence-electron chi connectivity index (χ4n) is 3.25. The molecule has 1 N–H and O–H groups in total. The smallest absolute Gasteiger partial charge is 0.141 e. The first-order valence-electron chi connectivity index (χ1n) is 6.96. The SMILES string of the molecule is O=CC1c2ccc(Br)cc2CN1CC1CCNCC1. The van der Waals surface area contributed by atoms with Gasteiger partial charge in [-0.05, 0) is 55.1 Å². The molecule has 102 valence electrons. The molecule has 2 heterocycles. The highest BCUT2D eigenvalue weighted by Gasteiger charge is 2.31. The number of halogens is 1. The molecular formula is C15H19BrN2O. The minimum absolute atomic E-state index is 0.0435. The molecule has 3 rings (SSSR count). The van der Waals surface area contributed by atoms with Crippen molar-refractivity contribution in [1.29, 1.82) is 0 Å². The van der Waals surface area contributed by atoms with E-state index in [-0.39, 0.29) is 6.04 Å². The Labute approximate surface area is 122 Å². The minimum atomic E-state index is -0.0435. The molecule has 0 bridgehead atoms. The molecule has 0 spiro atoms. The zero-order chi connectivity index (χ0) is 13.2. The second-order valence-corrected chi connectivity index (χ2v) is 6.46. The Morgan fingerprint density at radius 3 is 2.89 bits per heavy atom. The molecule has 1 saturated heterocycles. The van der Waals surface area contributed by atoms with Crippen LogP contribution in [0.4, 0.5) is 0 Å². The first-order chi connectivity index (χ1) is 9.28. The molecule has 1 aromatic rings. The van der Waals surface area contributed by atoms with E-state index in [0.717, 1.165) is 42.9 Å². The number of benzene rings is 1. The predicted molar refractivity (Wildman–Crippen MR) is 79.0 cm³/mol. The van der Waals surface area contributed by atoms with Crippen molar-refractivity contribution in [3.05, 3.63) is 33.8 Å². The summed E-state index contributed by atoms with van der Waals surface area (Å²) in [5.41, 5.74) is 2.48. The maximum Gasteiger partial charge on any atom is 0.141 e. The van der Waals surface area contributed by atoms with Crippen molar-refractivity contribution in [2.24, 2.45) is 5.92 Å². The zero-order valence-electron chi connectivity index (χ0n) is 10.9. The summed E-state index contributed by atoms with van der Waals surface area (Å²) in [6.45, 7) is 4.17. The fourth-order valence-corrected chi connectivity index (χ4v) is 3.66. The van der Waals surface area contributed by atoms with Crippen LogP contribution in [0.15, 0.2) is 22.7 Å². The molecule has 1 unspecified atom stereocenters. The molecule has 1 fully saturated rings. The number of piperidine rings is 1. The van der Waals surface area contributed by atoms with Crippen molar-refractivity contribution in [1.82, 2.24) is 10.2 Å². The second kappa shape index (κ2) is 5.73. The lowest BCUT2D eigenvalue weighted by molar-refractivity contribution is -0.112. The first kappa shape index (κ1) is 13.3. The van der Waals surface area contributed by atoms with E-state index >= 15 is 0 Å². The molecule has 3 nitrogen and oxygen atoms in total. The van der Waals surface area contributed by atoms with Crippen molar-refractivity contribution in [3.63, 3.8) is 0 Å². The van der Waals surface area contributed by atoms with Gasteiger partial charge < -0.3 is 10.1 Å². The molecule has 2 aliphatic heterocycles. The summed E-state index contributed by atoms with van der Waals surface area (Å²) in [5.74, 6) is 0.724. The third-order valence-corrected chi connectivity index (χ3v) is 4.76. The van der Waals surface area contributed by atoms with Gasteiger partial charge in [-0.3, -0.25) is 4.90 Å². The quantitative estimate of drug-likeness (QED) is 0.868. The average molecular weight is 323 g/mol. The van der Waals surface area contributed by atoms with Crippen molar-refractivity contribution in [3.8, 4) is 0 Å². The molecule has 0 radical (unpaired) electrons. The molecule has 19 heavy (non-hydrogen) atoms. The number of nitrogens with one attached hydrogen (secondary N) is 1. The monoisotopic (exact) mass is 322 g/mol. The standard InChI is InChI=1S/C15H19BrN2O/c16-13-1-2-14-12(7-13)9-18(15(14)10-19)8-11-3-5-17-6-4-11/h1-2,7,10-11,15,17H,3-6,8-9H2. The van der Waals surface area contributed by atoms with E-state index in [1.807, 2.05) is 6.07 Å². The Kier molecular flexibility index (Phi) is 4.01. The van der Waals surface area contributed by atoms with Crippen LogP contribution in [0.25, 0.3) is 0 Å². The second-order valence-electron chi connectivity index (χ2n) is 5.55. The number of hydrogen-bond donors (Lipinski definition) is 1. The van der Waals surface area contributed by atoms with Crippen LogP contribution in [-0.4, -0.2) is 30.8 Å². The summed E-state index contributed by atoms with van der Waals surface area (Å²) in [6.07, 6.45) is 3.55. The molecule has 0 saturated carbocycles. The summed E-state index contributed by atoms with van der Waals surface area (Å²) in [7, 11) is 0. The first-order valence-corrected chi connectivity index (χ1v) is 7.75. The third kappa shape index (κ3) is 2.76. The van der Waals surface area contributed by atoms with Crippen LogP contribution in [0.3, 0.4) is 0 Å². The van der Waals surface area contributed by atoms with Crippen LogP contribution < -0.4 is 5.32 Å². The summed E-state index contributed by atoms with van der Waals surface area (Å²) in [5, 5.41) is 3.40. The Balaban J connectivity index is 1.75. The number of aldehydes is 1. The van der Waals surface area contributed by atoms with Gasteiger partial charge in [-0.15, -0.1) is 0 Å². The van der Waals surface area contributed by atoms with Gasteiger partial charge in [0.05, 0.1) is 6.04 Å². The zero-order valence-corrected chi connectivity index (χ0v) is 12.5. The van der Waals surface area contributed by atoms with Gasteiger partial charge in [0.25, 0.3) is 0 Å². The Morgan fingerprint density at radius 2 is 2.16 bits per heavy atom. The van der Waals surface area contributed by atoms with E-state index in [0.29, 0.717) is 0 Å². The van der Waals surface area contributed by atoms with Crippen LogP contribution in [0.5, 0.6) is 0 Å². The average Bonchev–Trinajstić information content (AvgIpc) is 2.76. The number of fused-ring (bicyclic) bond motifs is 1. The van der Waals surface area contributed by atoms with Crippen molar-refractivity contribution >= 4 is 22.2 Å². The Hall–Kier alpha value is -0.710. The lowest BCUT2D eigenvalue weighted by atomic mass is 9.97. The van der Waals surface area contributed by atoms with Gasteiger partial charge in [-0.25, -0.2) is 0 Å². The van der Waals surface area contributed by atoms with Crippen LogP contribution in [0, 0.1) is 5.92 Å². The topological polar surface area (TPSA) is 32.3 Å². The molecular weight excluding hydrogens is 304 g/mol. The lowest BCUT2D eigenvalue weighted by Gasteiger charge is -2.29. The maximum absolute atomic E-state index is 11.4. The maximum atomic E-state index is 11.4. The highest BCUT2D eigenvalue weighted by Crippen LogP contribution is 2.35. The summed E-state index contributed by atoms with van der Waals surface area (Å²) in [4.78, 5) is 13.8. The van der Waals surface area contributed by atoms with Gasteiger partial charge in [0.2, 0.25) is 0 Å². The number of carbonyl (C=O) groups is 1. The number of hydrogen-bond acceptors (Lipinski definition) is 3. The van der Waals surface area contributed by atoms with Gasteiger partial charge in [0.15, 0.2) is 0 Å². The number of carbonyl (C=O) groups excluding carboxylic acids is 1. The van der Waals surface area contributed by atoms with E-state index < -0.39 is 0 Å². The summed E-state index contributed by atoms with van der Waals surface area (Å²) >= 11 is 3.51. The lowest BCUT2D eigenvalue weighted by Crippen LogP contribution is -2.35. The molecule has 2 aliphatic rings. The molecule has 1 atom stereocenters. The minimum Gasteiger partial charge on any atom is -0.317 e. The van der Waals surface area contributed by atoms with E-state index in [2.05, 4.69) is 38.3 Å². The molecule has 4 heteroatoms. The van der Waals surface area contributed by atoms with Crippen molar-refractivity contribution < 1.29 is 4.79 Å². The van der Waals surface area contributed by atoms with Crippen molar-refractivity contribution in [2.45, 2.75) is 25.4 Å². The third-order valence-electron chi connectivity index (χ3n) is 4.27. The van der Waals surface area contributed by atoms with Crippen LogP contribution >= 0.6 is 15.9 Å². The van der Waals surface area contributed by atoms with Gasteiger partial charge in [-0.2, -0.15) is 0 Å². The van der Waals surface area contributed by atoms with Crippen molar-refractivity contribution in [2.75, 3.05) is 19.6 Å². The van der Waals surface area contributed by atoms with E-state index in [1.165, 1.54) is 24.0 Å². The molecule has 0 amide bonds. The van der Waals surface area contributed by atoms with Gasteiger partial charge in [0.1, 0.15) is 6.29 Å². The van der Waals surface area contributed by atoms with Crippen LogP contribution in [0.2, 0.25) is 0 Å². The molecule has 0 aliphatic carbocycles. The molecule has 0 aromatic heterocycles. The molecule has 1 aromatic carbocycles. The van der Waals surface area contributed by atoms with E-state index in [1.54, 1.807) is 0 Å². The van der Waals surface area contributed by atoms with Crippen LogP contribution in [-0.2, 0) is 11.3 Å². The Bertz CT molecular complexity index is 471. The normalized spacial score (nSPS) is 24.4. The predicted octanol–water partition coefficient (Wildman–Crippen LogP) is 2.50. The number of rotatable bonds is 3. The van der Waals surface area contributed by atoms with E-state index in [4.69, 9.17) is 0 Å². The van der Waals surface area contributed by atoms with Gasteiger partial charge in [0, 0.05) is 17.6 Å². The fraction of sp³-hybridized carbons (Fsp3) is 0.533. The highest BCUT2D eigenvalue weighted by atomic mass is 79.9. The number of nitrogens with zero attached hydrogens (tertiary/aromatic N) is 1. The summed E-state index contributed by atoms with van der Waals surface area (Å²) in [6, 6.07) is 6.22. The van der Waals surface area contributed by atoms with Gasteiger partial charge >= 0.3 is 0 Å². The van der Waals surface area contributed by atoms with E-state index in [9.17, 15) is 4.79 Å².